The van der Waals surface area contributed by atoms with Crippen molar-refractivity contribution in [2.45, 2.75) is 38.4 Å². The van der Waals surface area contributed by atoms with Gasteiger partial charge in [0.1, 0.15) is 0 Å². The van der Waals surface area contributed by atoms with Gasteiger partial charge in [-0.05, 0) is 30.2 Å². The topological polar surface area (TPSA) is 20.2 Å². The molecule has 1 nitrogen and oxygen atoms in total. The minimum absolute atomic E-state index is 0.365. The fraction of sp³-hybridized carbons (Fsp3) is 0.571. The first-order valence-electron chi connectivity index (χ1n) is 6.22. The summed E-state index contributed by atoms with van der Waals surface area (Å²) in [6, 6.07) is 9.22. The third kappa shape index (κ3) is 2.38. The van der Waals surface area contributed by atoms with Crippen LogP contribution in [0.25, 0.3) is 0 Å². The third-order valence-electron chi connectivity index (χ3n) is 3.74. The first-order chi connectivity index (χ1) is 7.50. The van der Waals surface area contributed by atoms with Crippen molar-refractivity contribution in [3.05, 3.63) is 29.8 Å². The molecule has 1 aliphatic rings. The summed E-state index contributed by atoms with van der Waals surface area (Å²) in [7, 11) is -1.14. The molecule has 1 saturated carbocycles. The molecule has 0 unspecified atom stereocenters. The first kappa shape index (κ1) is 11.9. The zero-order chi connectivity index (χ0) is 11.8. The van der Waals surface area contributed by atoms with E-state index >= 15 is 0 Å². The first-order valence-corrected chi connectivity index (χ1v) is 9.72. The van der Waals surface area contributed by atoms with Crippen LogP contribution in [0, 0.1) is 5.92 Å². The SMILES string of the molecule is C[Si](C)(C)c1ccc(C2CC(CO)C2)cc1. The molecule has 2 rings (SSSR count). The predicted molar refractivity (Wildman–Crippen MR) is 72.0 cm³/mol. The molecule has 0 bridgehead atoms. The minimum Gasteiger partial charge on any atom is -0.396 e. The van der Waals surface area contributed by atoms with Crippen molar-refractivity contribution in [2.75, 3.05) is 6.61 Å². The van der Waals surface area contributed by atoms with Crippen LogP contribution in [0.15, 0.2) is 24.3 Å². The Hall–Kier alpha value is -0.603. The van der Waals surface area contributed by atoms with E-state index in [0.717, 1.165) is 0 Å². The Morgan fingerprint density at radius 3 is 2.12 bits per heavy atom. The van der Waals surface area contributed by atoms with Gasteiger partial charge in [-0.25, -0.2) is 0 Å². The summed E-state index contributed by atoms with van der Waals surface area (Å²) in [5, 5.41) is 10.5. The van der Waals surface area contributed by atoms with E-state index in [9.17, 15) is 0 Å². The molecule has 0 aromatic heterocycles. The summed E-state index contributed by atoms with van der Waals surface area (Å²) in [6.45, 7) is 7.51. The van der Waals surface area contributed by atoms with Crippen LogP contribution in [0.4, 0.5) is 0 Å². The monoisotopic (exact) mass is 234 g/mol. The summed E-state index contributed by atoms with van der Waals surface area (Å²) in [5.74, 6) is 1.26. The Morgan fingerprint density at radius 2 is 1.69 bits per heavy atom. The molecule has 16 heavy (non-hydrogen) atoms. The van der Waals surface area contributed by atoms with Gasteiger partial charge in [0.2, 0.25) is 0 Å². The van der Waals surface area contributed by atoms with Crippen LogP contribution >= 0.6 is 0 Å². The van der Waals surface area contributed by atoms with Gasteiger partial charge in [0, 0.05) is 6.61 Å². The van der Waals surface area contributed by atoms with Crippen molar-refractivity contribution in [1.29, 1.82) is 0 Å². The number of benzene rings is 1. The highest BCUT2D eigenvalue weighted by Crippen LogP contribution is 2.40. The van der Waals surface area contributed by atoms with E-state index in [0.29, 0.717) is 18.4 Å². The summed E-state index contributed by atoms with van der Waals surface area (Å²) in [4.78, 5) is 0. The molecule has 1 aromatic rings. The molecule has 0 aliphatic heterocycles. The molecule has 0 radical (unpaired) electrons. The highest BCUT2D eigenvalue weighted by atomic mass is 28.3. The molecular weight excluding hydrogens is 212 g/mol. The lowest BCUT2D eigenvalue weighted by Gasteiger charge is -2.34. The van der Waals surface area contributed by atoms with E-state index in [1.807, 2.05) is 0 Å². The third-order valence-corrected chi connectivity index (χ3v) is 5.81. The molecule has 0 amide bonds. The molecule has 0 heterocycles. The highest BCUT2D eigenvalue weighted by Gasteiger charge is 2.29. The van der Waals surface area contributed by atoms with E-state index < -0.39 is 8.07 Å². The lowest BCUT2D eigenvalue weighted by atomic mass is 9.72. The van der Waals surface area contributed by atoms with Gasteiger partial charge in [-0.3, -0.25) is 0 Å². The van der Waals surface area contributed by atoms with Crippen LogP contribution in [0.1, 0.15) is 24.3 Å². The smallest absolute Gasteiger partial charge is 0.0775 e. The number of aliphatic hydroxyl groups excluding tert-OH is 1. The summed E-state index contributed by atoms with van der Waals surface area (Å²) in [6.07, 6.45) is 2.34. The fourth-order valence-corrected chi connectivity index (χ4v) is 3.58. The summed E-state index contributed by atoms with van der Waals surface area (Å²) >= 11 is 0. The Kier molecular flexibility index (Phi) is 3.22. The quantitative estimate of drug-likeness (QED) is 0.797. The zero-order valence-electron chi connectivity index (χ0n) is 10.5. The second-order valence-corrected chi connectivity index (χ2v) is 11.2. The number of rotatable bonds is 3. The lowest BCUT2D eigenvalue weighted by Crippen LogP contribution is -2.37. The molecule has 88 valence electrons. The summed E-state index contributed by atoms with van der Waals surface area (Å²) < 4.78 is 0. The Labute approximate surface area is 99.5 Å². The molecule has 0 saturated heterocycles. The van der Waals surface area contributed by atoms with Crippen LogP contribution in [0.2, 0.25) is 19.6 Å². The maximum atomic E-state index is 9.01. The van der Waals surface area contributed by atoms with Crippen molar-refractivity contribution in [3.8, 4) is 0 Å². The van der Waals surface area contributed by atoms with E-state index in [1.54, 1.807) is 0 Å². The van der Waals surface area contributed by atoms with Gasteiger partial charge in [-0.2, -0.15) is 0 Å². The maximum Gasteiger partial charge on any atom is 0.0775 e. The Morgan fingerprint density at radius 1 is 1.12 bits per heavy atom. The van der Waals surface area contributed by atoms with Crippen LogP contribution in [-0.4, -0.2) is 19.8 Å². The van der Waals surface area contributed by atoms with E-state index in [-0.39, 0.29) is 0 Å². The van der Waals surface area contributed by atoms with E-state index in [4.69, 9.17) is 5.11 Å². The van der Waals surface area contributed by atoms with Gasteiger partial charge in [-0.15, -0.1) is 0 Å². The number of hydrogen-bond donors (Lipinski definition) is 1. The lowest BCUT2D eigenvalue weighted by molar-refractivity contribution is 0.142. The largest absolute Gasteiger partial charge is 0.396 e. The second-order valence-electron chi connectivity index (χ2n) is 6.09. The molecule has 0 spiro atoms. The van der Waals surface area contributed by atoms with Crippen LogP contribution in [0.5, 0.6) is 0 Å². The summed E-state index contributed by atoms with van der Waals surface area (Å²) in [5.41, 5.74) is 1.46. The van der Waals surface area contributed by atoms with Gasteiger partial charge in [-0.1, -0.05) is 49.1 Å². The van der Waals surface area contributed by atoms with Crippen molar-refractivity contribution in [3.63, 3.8) is 0 Å². The molecule has 1 aromatic carbocycles. The van der Waals surface area contributed by atoms with Crippen LogP contribution in [0.3, 0.4) is 0 Å². The average molecular weight is 234 g/mol. The van der Waals surface area contributed by atoms with Crippen molar-refractivity contribution in [2.24, 2.45) is 5.92 Å². The molecule has 2 heteroatoms. The van der Waals surface area contributed by atoms with Crippen LogP contribution < -0.4 is 5.19 Å². The van der Waals surface area contributed by atoms with Gasteiger partial charge >= 0.3 is 0 Å². The molecule has 0 atom stereocenters. The zero-order valence-corrected chi connectivity index (χ0v) is 11.5. The molecular formula is C14H22OSi. The van der Waals surface area contributed by atoms with Crippen molar-refractivity contribution < 1.29 is 5.11 Å². The number of aliphatic hydroxyl groups is 1. The van der Waals surface area contributed by atoms with Crippen molar-refractivity contribution >= 4 is 13.3 Å². The predicted octanol–water partition coefficient (Wildman–Crippen LogP) is 2.72. The van der Waals surface area contributed by atoms with Gasteiger partial charge in [0.05, 0.1) is 8.07 Å². The van der Waals surface area contributed by atoms with Gasteiger partial charge in [0.25, 0.3) is 0 Å². The van der Waals surface area contributed by atoms with Crippen LogP contribution in [-0.2, 0) is 0 Å². The molecule has 1 aliphatic carbocycles. The van der Waals surface area contributed by atoms with Crippen molar-refractivity contribution in [1.82, 2.24) is 0 Å². The fourth-order valence-electron chi connectivity index (χ4n) is 2.41. The average Bonchev–Trinajstić information content (AvgIpc) is 2.15. The maximum absolute atomic E-state index is 9.01. The number of hydrogen-bond acceptors (Lipinski definition) is 1. The van der Waals surface area contributed by atoms with E-state index in [1.165, 1.54) is 23.6 Å². The Bertz CT molecular complexity index is 344. The molecule has 1 N–H and O–H groups in total. The standard InChI is InChI=1S/C14H22OSi/c1-16(2,3)14-6-4-12(5-7-14)13-8-11(9-13)10-15/h4-7,11,13,15H,8-10H2,1-3H3. The molecule has 1 fully saturated rings. The highest BCUT2D eigenvalue weighted by molar-refractivity contribution is 6.88. The Balaban J connectivity index is 2.04. The normalized spacial score (nSPS) is 25.2. The van der Waals surface area contributed by atoms with Gasteiger partial charge < -0.3 is 5.11 Å². The second kappa shape index (κ2) is 4.34. The minimum atomic E-state index is -1.14. The van der Waals surface area contributed by atoms with Gasteiger partial charge in [0.15, 0.2) is 0 Å². The van der Waals surface area contributed by atoms with E-state index in [2.05, 4.69) is 43.9 Å².